The van der Waals surface area contributed by atoms with E-state index in [1.165, 1.54) is 10.5 Å². The zero-order valence-corrected chi connectivity index (χ0v) is 15.8. The Labute approximate surface area is 159 Å². The highest BCUT2D eigenvalue weighted by atomic mass is 32.2. The first-order chi connectivity index (χ1) is 12.6. The lowest BCUT2D eigenvalue weighted by Gasteiger charge is -2.08. The molecule has 0 bridgehead atoms. The minimum Gasteiger partial charge on any atom is -0.294 e. The van der Waals surface area contributed by atoms with E-state index in [1.54, 1.807) is 11.8 Å². The van der Waals surface area contributed by atoms with Gasteiger partial charge in [0.15, 0.2) is 5.78 Å². The molecule has 3 aromatic carbocycles. The molecule has 0 atom stereocenters. The smallest absolute Gasteiger partial charge is 0.168 e. The topological polar surface area (TPSA) is 29.4 Å². The maximum atomic E-state index is 12.4. The molecule has 0 amide bonds. The molecule has 0 aliphatic carbocycles. The first kappa shape index (κ1) is 18.2. The van der Waals surface area contributed by atoms with Crippen molar-refractivity contribution >= 4 is 28.9 Å². The predicted molar refractivity (Wildman–Crippen MR) is 110 cm³/mol. The van der Waals surface area contributed by atoms with Crippen LogP contribution in [0.3, 0.4) is 0 Å². The lowest BCUT2D eigenvalue weighted by atomic mass is 10.1. The van der Waals surface area contributed by atoms with Crippen LogP contribution in [0.1, 0.15) is 29.3 Å². The number of carbonyl (C=O) groups excluding carboxylic acids is 1. The highest BCUT2D eigenvalue weighted by Gasteiger charge is 2.09. The van der Waals surface area contributed by atoms with Gasteiger partial charge in [0.25, 0.3) is 0 Å². The van der Waals surface area contributed by atoms with E-state index in [0.29, 0.717) is 6.42 Å². The Balaban J connectivity index is 1.82. The summed E-state index contributed by atoms with van der Waals surface area (Å²) in [6, 6.07) is 25.9. The number of carbonyl (C=O) groups is 1. The molecular formula is C23H21NOS. The average Bonchev–Trinajstić information content (AvgIpc) is 2.65. The summed E-state index contributed by atoms with van der Waals surface area (Å²) >= 11 is 1.69. The van der Waals surface area contributed by atoms with Crippen LogP contribution in [-0.4, -0.2) is 11.5 Å². The molecule has 3 rings (SSSR count). The van der Waals surface area contributed by atoms with Crippen molar-refractivity contribution < 1.29 is 4.79 Å². The van der Waals surface area contributed by atoms with Gasteiger partial charge in [0, 0.05) is 27.5 Å². The first-order valence-corrected chi connectivity index (χ1v) is 9.39. The lowest BCUT2D eigenvalue weighted by Crippen LogP contribution is -2.05. The molecule has 130 valence electrons. The summed E-state index contributed by atoms with van der Waals surface area (Å²) in [6.45, 7) is 3.99. The van der Waals surface area contributed by atoms with Crippen LogP contribution in [0.5, 0.6) is 0 Å². The zero-order chi connectivity index (χ0) is 18.4. The summed E-state index contributed by atoms with van der Waals surface area (Å²) < 4.78 is 0. The normalized spacial score (nSPS) is 11.4. The molecule has 0 fully saturated rings. The monoisotopic (exact) mass is 359 g/mol. The molecule has 0 unspecified atom stereocenters. The molecule has 26 heavy (non-hydrogen) atoms. The van der Waals surface area contributed by atoms with Crippen LogP contribution in [0, 0.1) is 6.92 Å². The fourth-order valence-corrected chi connectivity index (χ4v) is 3.62. The molecule has 3 heteroatoms. The molecular weight excluding hydrogens is 338 g/mol. The number of aliphatic imine (C=N–C) groups is 1. The van der Waals surface area contributed by atoms with Crippen LogP contribution >= 0.6 is 11.8 Å². The van der Waals surface area contributed by atoms with Crippen LogP contribution < -0.4 is 0 Å². The molecule has 0 N–H and O–H groups in total. The van der Waals surface area contributed by atoms with Gasteiger partial charge in [-0.05, 0) is 43.7 Å². The third kappa shape index (κ3) is 4.93. The maximum absolute atomic E-state index is 12.4. The molecule has 0 spiro atoms. The summed E-state index contributed by atoms with van der Waals surface area (Å²) in [5.41, 5.74) is 3.64. The SMILES string of the molecule is CC(CC(=O)c1ccccc1)=Nc1ccc(C)cc1Sc1ccccc1. The Morgan fingerprint density at radius 1 is 0.923 bits per heavy atom. The van der Waals surface area contributed by atoms with Crippen molar-refractivity contribution in [1.29, 1.82) is 0 Å². The molecule has 0 saturated carbocycles. The summed E-state index contributed by atoms with van der Waals surface area (Å²) in [7, 11) is 0. The van der Waals surface area contributed by atoms with Gasteiger partial charge in [-0.15, -0.1) is 0 Å². The van der Waals surface area contributed by atoms with Crippen LogP contribution in [0.15, 0.2) is 93.6 Å². The zero-order valence-electron chi connectivity index (χ0n) is 15.0. The lowest BCUT2D eigenvalue weighted by molar-refractivity contribution is 0.100. The largest absolute Gasteiger partial charge is 0.294 e. The molecule has 0 aliphatic rings. The van der Waals surface area contributed by atoms with Gasteiger partial charge in [-0.25, -0.2) is 0 Å². The third-order valence-electron chi connectivity index (χ3n) is 3.91. The van der Waals surface area contributed by atoms with Crippen molar-refractivity contribution in [2.24, 2.45) is 4.99 Å². The van der Waals surface area contributed by atoms with Crippen molar-refractivity contribution in [2.45, 2.75) is 30.1 Å². The number of nitrogens with zero attached hydrogens (tertiary/aromatic N) is 1. The summed E-state index contributed by atoms with van der Waals surface area (Å²) in [4.78, 5) is 19.4. The molecule has 0 heterocycles. The van der Waals surface area contributed by atoms with Crippen molar-refractivity contribution in [3.05, 3.63) is 90.0 Å². The van der Waals surface area contributed by atoms with Gasteiger partial charge < -0.3 is 0 Å². The number of aryl methyl sites for hydroxylation is 1. The minimum absolute atomic E-state index is 0.0937. The van der Waals surface area contributed by atoms with Gasteiger partial charge >= 0.3 is 0 Å². The van der Waals surface area contributed by atoms with Gasteiger partial charge in [0.05, 0.1) is 5.69 Å². The van der Waals surface area contributed by atoms with Crippen molar-refractivity contribution in [3.63, 3.8) is 0 Å². The van der Waals surface area contributed by atoms with Crippen LogP contribution in [0.25, 0.3) is 0 Å². The predicted octanol–water partition coefficient (Wildman–Crippen LogP) is 6.51. The molecule has 3 aromatic rings. The summed E-state index contributed by atoms with van der Waals surface area (Å²) in [5, 5.41) is 0. The first-order valence-electron chi connectivity index (χ1n) is 8.58. The standard InChI is InChI=1S/C23H21NOS/c1-17-13-14-21(23(15-17)26-20-11-7-4-8-12-20)24-18(2)16-22(25)19-9-5-3-6-10-19/h3-15H,16H2,1-2H3. The van der Waals surface area contributed by atoms with E-state index in [9.17, 15) is 4.79 Å². The third-order valence-corrected chi connectivity index (χ3v) is 4.96. The van der Waals surface area contributed by atoms with Gasteiger partial charge in [0.2, 0.25) is 0 Å². The number of hydrogen-bond acceptors (Lipinski definition) is 3. The van der Waals surface area contributed by atoms with E-state index >= 15 is 0 Å². The quantitative estimate of drug-likeness (QED) is 0.371. The minimum atomic E-state index is 0.0937. The van der Waals surface area contributed by atoms with Gasteiger partial charge in [-0.2, -0.15) is 0 Å². The Bertz CT molecular complexity index is 917. The maximum Gasteiger partial charge on any atom is 0.168 e. The van der Waals surface area contributed by atoms with Crippen LogP contribution in [-0.2, 0) is 0 Å². The highest BCUT2D eigenvalue weighted by Crippen LogP contribution is 2.36. The Morgan fingerprint density at radius 3 is 2.27 bits per heavy atom. The molecule has 0 aliphatic heterocycles. The van der Waals surface area contributed by atoms with Gasteiger partial charge in [-0.3, -0.25) is 9.79 Å². The van der Waals surface area contributed by atoms with Crippen molar-refractivity contribution in [1.82, 2.24) is 0 Å². The summed E-state index contributed by atoms with van der Waals surface area (Å²) in [6.07, 6.45) is 0.327. The molecule has 0 radical (unpaired) electrons. The molecule has 0 saturated heterocycles. The second-order valence-corrected chi connectivity index (χ2v) is 7.31. The van der Waals surface area contributed by atoms with Gasteiger partial charge in [-0.1, -0.05) is 66.4 Å². The van der Waals surface area contributed by atoms with Crippen LogP contribution in [0.4, 0.5) is 5.69 Å². The van der Waals surface area contributed by atoms with Crippen LogP contribution in [0.2, 0.25) is 0 Å². The number of ketones is 1. The second kappa shape index (κ2) is 8.63. The number of benzene rings is 3. The Hall–Kier alpha value is -2.65. The van der Waals surface area contributed by atoms with Crippen molar-refractivity contribution in [2.75, 3.05) is 0 Å². The number of hydrogen-bond donors (Lipinski definition) is 0. The van der Waals surface area contributed by atoms with E-state index in [2.05, 4.69) is 31.2 Å². The fourth-order valence-electron chi connectivity index (χ4n) is 2.61. The molecule has 0 aromatic heterocycles. The fraction of sp³-hybridized carbons (Fsp3) is 0.130. The Kier molecular flexibility index (Phi) is 6.03. The number of rotatable bonds is 6. The van der Waals surface area contributed by atoms with E-state index < -0.39 is 0 Å². The van der Waals surface area contributed by atoms with E-state index in [1.807, 2.05) is 61.5 Å². The molecule has 2 nitrogen and oxygen atoms in total. The Morgan fingerprint density at radius 2 is 1.58 bits per heavy atom. The second-order valence-electron chi connectivity index (χ2n) is 6.20. The van der Waals surface area contributed by atoms with Gasteiger partial charge in [0.1, 0.15) is 0 Å². The average molecular weight is 359 g/mol. The number of Topliss-reactive ketones (excluding diaryl/α,β-unsaturated/α-hetero) is 1. The van der Waals surface area contributed by atoms with E-state index in [-0.39, 0.29) is 5.78 Å². The van der Waals surface area contributed by atoms with E-state index in [4.69, 9.17) is 4.99 Å². The summed E-state index contributed by atoms with van der Waals surface area (Å²) in [5.74, 6) is 0.0937. The van der Waals surface area contributed by atoms with Crippen molar-refractivity contribution in [3.8, 4) is 0 Å². The highest BCUT2D eigenvalue weighted by molar-refractivity contribution is 7.99. The van der Waals surface area contributed by atoms with E-state index in [0.717, 1.165) is 21.9 Å².